The summed E-state index contributed by atoms with van der Waals surface area (Å²) in [6.45, 7) is 0.424. The van der Waals surface area contributed by atoms with E-state index in [1.165, 1.54) is 3.57 Å². The average Bonchev–Trinajstić information content (AvgIpc) is 3.02. The molecule has 9 heteroatoms. The summed E-state index contributed by atoms with van der Waals surface area (Å²) in [4.78, 5) is 26.8. The number of benzene rings is 3. The lowest BCUT2D eigenvalue weighted by Crippen LogP contribution is -2.27. The second-order valence-corrected chi connectivity index (χ2v) is 11.1. The zero-order valence-electron chi connectivity index (χ0n) is 16.2. The van der Waals surface area contributed by atoms with Gasteiger partial charge in [0.2, 0.25) is 0 Å². The second-order valence-electron chi connectivity index (χ2n) is 6.72. The maximum atomic E-state index is 12.9. The zero-order valence-corrected chi connectivity index (χ0v) is 23.1. The van der Waals surface area contributed by atoms with Crippen molar-refractivity contribution in [3.63, 3.8) is 0 Å². The summed E-state index contributed by atoms with van der Waals surface area (Å²) >= 11 is 16.2. The molecule has 0 bridgehead atoms. The average molecular weight is 706 g/mol. The Hall–Kier alpha value is -1.33. The van der Waals surface area contributed by atoms with Gasteiger partial charge in [-0.25, -0.2) is 4.90 Å². The molecule has 4 rings (SSSR count). The Labute approximate surface area is 224 Å². The summed E-state index contributed by atoms with van der Waals surface area (Å²) in [5, 5.41) is 0.189. The van der Waals surface area contributed by atoms with Gasteiger partial charge in [0, 0.05) is 8.59 Å². The van der Waals surface area contributed by atoms with Crippen LogP contribution in [0.1, 0.15) is 11.1 Å². The minimum Gasteiger partial charge on any atom is -0.487 e. The third-order valence-electron chi connectivity index (χ3n) is 4.49. The highest BCUT2D eigenvalue weighted by atomic mass is 127. The fraction of sp³-hybridized carbons (Fsp3) is 0.0435. The Balaban J connectivity index is 1.54. The van der Waals surface area contributed by atoms with E-state index in [1.807, 2.05) is 36.4 Å². The molecule has 1 aliphatic heterocycles. The normalized spacial score (nSPS) is 15.0. The van der Waals surface area contributed by atoms with Crippen LogP contribution >= 0.6 is 77.8 Å². The minimum atomic E-state index is -0.367. The third kappa shape index (κ3) is 5.41. The van der Waals surface area contributed by atoms with Crippen LogP contribution in [0, 0.1) is 3.57 Å². The molecule has 0 aromatic heterocycles. The highest BCUT2D eigenvalue weighted by Gasteiger charge is 2.36. The van der Waals surface area contributed by atoms with E-state index in [0.717, 1.165) is 36.7 Å². The minimum absolute atomic E-state index is 0.344. The fourth-order valence-corrected chi connectivity index (χ4v) is 5.75. The molecular weight excluding hydrogens is 692 g/mol. The molecule has 0 saturated carbocycles. The van der Waals surface area contributed by atoms with Gasteiger partial charge in [-0.2, -0.15) is 0 Å². The Morgan fingerprint density at radius 3 is 2.25 bits per heavy atom. The number of hydrogen-bond donors (Lipinski definition) is 0. The number of thioether (sulfide) groups is 1. The van der Waals surface area contributed by atoms with Gasteiger partial charge in [0.1, 0.15) is 12.4 Å². The Bertz CT molecular complexity index is 1210. The molecule has 0 N–H and O–H groups in total. The van der Waals surface area contributed by atoms with Gasteiger partial charge in [0.15, 0.2) is 0 Å². The molecule has 1 fully saturated rings. The lowest BCUT2D eigenvalue weighted by Gasteiger charge is -2.12. The molecule has 32 heavy (non-hydrogen) atoms. The number of anilines is 1. The molecule has 4 nitrogen and oxygen atoms in total. The maximum absolute atomic E-state index is 12.9. The zero-order chi connectivity index (χ0) is 22.8. The summed E-state index contributed by atoms with van der Waals surface area (Å²) in [5.41, 5.74) is 2.30. The number of imide groups is 1. The third-order valence-corrected chi connectivity index (χ3v) is 7.51. The standard InChI is InChI=1S/C23H13Br2ClINO3S/c24-18-9-14(10-19(25)21(18)31-12-13-1-5-16(27)6-2-13)11-20-22(29)28(23(30)32-20)17-7-3-15(26)4-8-17/h1-11H,12H2/b20-11+. The van der Waals surface area contributed by atoms with Gasteiger partial charge < -0.3 is 4.74 Å². The van der Waals surface area contributed by atoms with Crippen molar-refractivity contribution < 1.29 is 14.3 Å². The number of nitrogens with zero attached hydrogens (tertiary/aromatic N) is 1. The molecule has 1 heterocycles. The smallest absolute Gasteiger partial charge is 0.298 e. The number of halogens is 4. The first-order valence-corrected chi connectivity index (χ1v) is 13.1. The highest BCUT2D eigenvalue weighted by molar-refractivity contribution is 14.1. The quantitative estimate of drug-likeness (QED) is 0.198. The molecule has 0 atom stereocenters. The van der Waals surface area contributed by atoms with E-state index in [2.05, 4.69) is 54.5 Å². The number of carbonyl (C=O) groups excluding carboxylic acids is 2. The predicted molar refractivity (Wildman–Crippen MR) is 145 cm³/mol. The Morgan fingerprint density at radius 2 is 1.62 bits per heavy atom. The lowest BCUT2D eigenvalue weighted by molar-refractivity contribution is -0.113. The number of hydrogen-bond acceptors (Lipinski definition) is 4. The van der Waals surface area contributed by atoms with E-state index in [0.29, 0.717) is 28.0 Å². The van der Waals surface area contributed by atoms with Gasteiger partial charge in [-0.3, -0.25) is 9.59 Å². The molecule has 162 valence electrons. The molecule has 2 amide bonds. The van der Waals surface area contributed by atoms with Crippen LogP contribution in [0.25, 0.3) is 6.08 Å². The first-order chi connectivity index (χ1) is 15.3. The van der Waals surface area contributed by atoms with E-state index in [4.69, 9.17) is 16.3 Å². The van der Waals surface area contributed by atoms with Gasteiger partial charge >= 0.3 is 0 Å². The summed E-state index contributed by atoms with van der Waals surface area (Å²) in [7, 11) is 0. The van der Waals surface area contributed by atoms with Crippen molar-refractivity contribution in [1.82, 2.24) is 0 Å². The van der Waals surface area contributed by atoms with Crippen LogP contribution in [0.5, 0.6) is 5.75 Å². The van der Waals surface area contributed by atoms with Gasteiger partial charge in [0.25, 0.3) is 11.1 Å². The molecule has 1 saturated heterocycles. The summed E-state index contributed by atoms with van der Waals surface area (Å²) in [5.74, 6) is 0.295. The van der Waals surface area contributed by atoms with Crippen LogP contribution in [-0.4, -0.2) is 11.1 Å². The van der Waals surface area contributed by atoms with Crippen molar-refractivity contribution in [2.24, 2.45) is 0 Å². The van der Waals surface area contributed by atoms with E-state index in [1.54, 1.807) is 30.3 Å². The molecule has 3 aromatic rings. The van der Waals surface area contributed by atoms with Crippen LogP contribution in [0.3, 0.4) is 0 Å². The van der Waals surface area contributed by atoms with E-state index < -0.39 is 0 Å². The Kier molecular flexibility index (Phi) is 7.66. The summed E-state index contributed by atoms with van der Waals surface area (Å²) in [6, 6.07) is 18.4. The van der Waals surface area contributed by atoms with E-state index in [9.17, 15) is 9.59 Å². The molecular formula is C23H13Br2ClINO3S. The van der Waals surface area contributed by atoms with Gasteiger partial charge in [-0.15, -0.1) is 0 Å². The highest BCUT2D eigenvalue weighted by Crippen LogP contribution is 2.39. The number of carbonyl (C=O) groups is 2. The monoisotopic (exact) mass is 703 g/mol. The van der Waals surface area contributed by atoms with Crippen molar-refractivity contribution in [1.29, 1.82) is 0 Å². The maximum Gasteiger partial charge on any atom is 0.298 e. The van der Waals surface area contributed by atoms with Gasteiger partial charge in [-0.05, 0) is 132 Å². The summed E-state index contributed by atoms with van der Waals surface area (Å²) < 4.78 is 8.62. The van der Waals surface area contributed by atoms with Crippen molar-refractivity contribution in [2.45, 2.75) is 6.61 Å². The first kappa shape index (κ1) is 23.8. The fourth-order valence-electron chi connectivity index (χ4n) is 2.97. The number of rotatable bonds is 5. The van der Waals surface area contributed by atoms with Crippen molar-refractivity contribution in [2.75, 3.05) is 4.90 Å². The van der Waals surface area contributed by atoms with Crippen molar-refractivity contribution in [3.05, 3.63) is 94.2 Å². The lowest BCUT2D eigenvalue weighted by atomic mass is 10.2. The first-order valence-electron chi connectivity index (χ1n) is 9.21. The molecule has 0 spiro atoms. The van der Waals surface area contributed by atoms with Crippen molar-refractivity contribution >= 4 is 101 Å². The predicted octanol–water partition coefficient (Wildman–Crippen LogP) is 8.29. The second kappa shape index (κ2) is 10.3. The van der Waals surface area contributed by atoms with Crippen LogP contribution in [0.15, 0.2) is 74.5 Å². The van der Waals surface area contributed by atoms with E-state index >= 15 is 0 Å². The SMILES string of the molecule is O=C1S/C(=C/c2cc(Br)c(OCc3ccc(I)cc3)c(Br)c2)C(=O)N1c1ccc(Cl)cc1. The van der Waals surface area contributed by atoms with Crippen LogP contribution in [0.4, 0.5) is 10.5 Å². The van der Waals surface area contributed by atoms with Gasteiger partial charge in [-0.1, -0.05) is 23.7 Å². The molecule has 0 aliphatic carbocycles. The Morgan fingerprint density at radius 1 is 1.00 bits per heavy atom. The van der Waals surface area contributed by atoms with Gasteiger partial charge in [0.05, 0.1) is 19.5 Å². The van der Waals surface area contributed by atoms with E-state index in [-0.39, 0.29) is 11.1 Å². The largest absolute Gasteiger partial charge is 0.487 e. The molecule has 0 radical (unpaired) electrons. The number of ether oxygens (including phenoxy) is 1. The molecule has 0 unspecified atom stereocenters. The number of amides is 2. The van der Waals surface area contributed by atoms with Crippen LogP contribution in [-0.2, 0) is 11.4 Å². The summed E-state index contributed by atoms with van der Waals surface area (Å²) in [6.07, 6.45) is 1.69. The van der Waals surface area contributed by atoms with Crippen molar-refractivity contribution in [3.8, 4) is 5.75 Å². The molecule has 3 aromatic carbocycles. The van der Waals surface area contributed by atoms with Crippen LogP contribution < -0.4 is 9.64 Å². The van der Waals surface area contributed by atoms with Crippen LogP contribution in [0.2, 0.25) is 5.02 Å². The molecule has 1 aliphatic rings. The topological polar surface area (TPSA) is 46.6 Å².